The highest BCUT2D eigenvalue weighted by atomic mass is 16.4. The number of hydrogen-bond donors (Lipinski definition) is 2. The Kier molecular flexibility index (Phi) is 4.34. The number of carbonyl (C=O) groups is 2. The number of nitrogens with zero attached hydrogens (tertiary/aromatic N) is 1. The molecule has 0 aromatic heterocycles. The zero-order valence-corrected chi connectivity index (χ0v) is 9.48. The van der Waals surface area contributed by atoms with Gasteiger partial charge in [0.2, 0.25) is 0 Å². The fraction of sp³-hybridized carbons (Fsp3) is 0.636. The number of amides is 2. The molecule has 5 heteroatoms. The first kappa shape index (κ1) is 12.5. The van der Waals surface area contributed by atoms with Crippen molar-refractivity contribution in [3.8, 4) is 0 Å². The second kappa shape index (κ2) is 5.53. The SMILES string of the molecule is C=CCCNC(=O)N1CC(C)C(C(=O)O)C1. The zero-order valence-electron chi connectivity index (χ0n) is 9.48. The van der Waals surface area contributed by atoms with Crippen molar-refractivity contribution >= 4 is 12.0 Å². The summed E-state index contributed by atoms with van der Waals surface area (Å²) in [6.45, 7) is 6.78. The van der Waals surface area contributed by atoms with Crippen molar-refractivity contribution in [2.24, 2.45) is 11.8 Å². The van der Waals surface area contributed by atoms with Gasteiger partial charge in [-0.2, -0.15) is 0 Å². The van der Waals surface area contributed by atoms with Crippen molar-refractivity contribution in [1.29, 1.82) is 0 Å². The molecule has 5 nitrogen and oxygen atoms in total. The Hall–Kier alpha value is -1.52. The number of nitrogens with one attached hydrogen (secondary N) is 1. The first-order chi connectivity index (χ1) is 7.56. The summed E-state index contributed by atoms with van der Waals surface area (Å²) in [4.78, 5) is 24.1. The number of carboxylic acid groups (broad SMARTS) is 1. The average molecular weight is 226 g/mol. The van der Waals surface area contributed by atoms with E-state index in [-0.39, 0.29) is 11.9 Å². The third-order valence-electron chi connectivity index (χ3n) is 2.84. The van der Waals surface area contributed by atoms with E-state index in [9.17, 15) is 9.59 Å². The molecule has 1 saturated heterocycles. The minimum Gasteiger partial charge on any atom is -0.481 e. The Balaban J connectivity index is 2.42. The number of carbonyl (C=O) groups excluding carboxylic acids is 1. The van der Waals surface area contributed by atoms with Crippen LogP contribution < -0.4 is 5.32 Å². The van der Waals surface area contributed by atoms with Crippen LogP contribution in [0.5, 0.6) is 0 Å². The number of carboxylic acids is 1. The van der Waals surface area contributed by atoms with Crippen LogP contribution in [0.25, 0.3) is 0 Å². The predicted molar refractivity (Wildman–Crippen MR) is 60.1 cm³/mol. The van der Waals surface area contributed by atoms with E-state index in [1.165, 1.54) is 0 Å². The molecule has 1 heterocycles. The normalized spacial score (nSPS) is 24.2. The summed E-state index contributed by atoms with van der Waals surface area (Å²) in [5.41, 5.74) is 0. The quantitative estimate of drug-likeness (QED) is 0.553. The second-order valence-corrected chi connectivity index (χ2v) is 4.14. The molecule has 2 atom stereocenters. The van der Waals surface area contributed by atoms with Crippen LogP contribution >= 0.6 is 0 Å². The van der Waals surface area contributed by atoms with Crippen molar-refractivity contribution in [3.05, 3.63) is 12.7 Å². The van der Waals surface area contributed by atoms with E-state index in [2.05, 4.69) is 11.9 Å². The van der Waals surface area contributed by atoms with Gasteiger partial charge >= 0.3 is 12.0 Å². The molecule has 90 valence electrons. The molecule has 0 aliphatic carbocycles. The Morgan fingerprint density at radius 3 is 2.75 bits per heavy atom. The van der Waals surface area contributed by atoms with Gasteiger partial charge in [0.1, 0.15) is 0 Å². The highest BCUT2D eigenvalue weighted by Crippen LogP contribution is 2.22. The average Bonchev–Trinajstić information content (AvgIpc) is 2.60. The van der Waals surface area contributed by atoms with Crippen LogP contribution in [0.1, 0.15) is 13.3 Å². The Labute approximate surface area is 95.1 Å². The third kappa shape index (κ3) is 2.98. The summed E-state index contributed by atoms with van der Waals surface area (Å²) in [6, 6.07) is -0.183. The third-order valence-corrected chi connectivity index (χ3v) is 2.84. The molecule has 0 aromatic carbocycles. The predicted octanol–water partition coefficient (Wildman–Crippen LogP) is 0.925. The van der Waals surface area contributed by atoms with Gasteiger partial charge in [-0.05, 0) is 12.3 Å². The molecule has 1 rings (SSSR count). The lowest BCUT2D eigenvalue weighted by Gasteiger charge is -2.16. The van der Waals surface area contributed by atoms with Crippen molar-refractivity contribution in [2.75, 3.05) is 19.6 Å². The van der Waals surface area contributed by atoms with E-state index in [4.69, 9.17) is 5.11 Å². The van der Waals surface area contributed by atoms with Crippen LogP contribution in [-0.2, 0) is 4.79 Å². The van der Waals surface area contributed by atoms with Crippen molar-refractivity contribution in [3.63, 3.8) is 0 Å². The lowest BCUT2D eigenvalue weighted by Crippen LogP contribution is -2.39. The van der Waals surface area contributed by atoms with Gasteiger partial charge in [0, 0.05) is 19.6 Å². The largest absolute Gasteiger partial charge is 0.481 e. The van der Waals surface area contributed by atoms with Gasteiger partial charge < -0.3 is 15.3 Å². The summed E-state index contributed by atoms with van der Waals surface area (Å²) in [7, 11) is 0. The number of rotatable bonds is 4. The molecule has 0 spiro atoms. The number of likely N-dealkylation sites (tertiary alicyclic amines) is 1. The second-order valence-electron chi connectivity index (χ2n) is 4.14. The molecule has 1 fully saturated rings. The number of urea groups is 1. The van der Waals surface area contributed by atoms with Crippen molar-refractivity contribution in [2.45, 2.75) is 13.3 Å². The van der Waals surface area contributed by atoms with E-state index in [0.717, 1.165) is 6.42 Å². The highest BCUT2D eigenvalue weighted by Gasteiger charge is 2.36. The van der Waals surface area contributed by atoms with E-state index in [1.54, 1.807) is 11.0 Å². The Bertz CT molecular complexity index is 291. The number of aliphatic carboxylic acids is 1. The lowest BCUT2D eigenvalue weighted by atomic mass is 9.99. The topological polar surface area (TPSA) is 69.6 Å². The smallest absolute Gasteiger partial charge is 0.317 e. The van der Waals surface area contributed by atoms with Gasteiger partial charge in [-0.15, -0.1) is 6.58 Å². The monoisotopic (exact) mass is 226 g/mol. The first-order valence-electron chi connectivity index (χ1n) is 5.42. The molecule has 2 N–H and O–H groups in total. The van der Waals surface area contributed by atoms with Gasteiger partial charge in [0.05, 0.1) is 5.92 Å². The maximum atomic E-state index is 11.6. The molecule has 2 unspecified atom stereocenters. The highest BCUT2D eigenvalue weighted by molar-refractivity contribution is 5.77. The molecule has 0 saturated carbocycles. The van der Waals surface area contributed by atoms with Crippen molar-refractivity contribution in [1.82, 2.24) is 10.2 Å². The van der Waals surface area contributed by atoms with Gasteiger partial charge in [-0.1, -0.05) is 13.0 Å². The van der Waals surface area contributed by atoms with E-state index < -0.39 is 11.9 Å². The molecule has 1 aliphatic rings. The lowest BCUT2D eigenvalue weighted by molar-refractivity contribution is -0.142. The maximum absolute atomic E-state index is 11.6. The minimum atomic E-state index is -0.825. The van der Waals surface area contributed by atoms with Crippen LogP contribution in [0.3, 0.4) is 0 Å². The molecule has 2 amide bonds. The van der Waals surface area contributed by atoms with Gasteiger partial charge in [-0.25, -0.2) is 4.79 Å². The minimum absolute atomic E-state index is 0.0163. The van der Waals surface area contributed by atoms with Gasteiger partial charge in [-0.3, -0.25) is 4.79 Å². The first-order valence-corrected chi connectivity index (χ1v) is 5.42. The standard InChI is InChI=1S/C11H18N2O3/c1-3-4-5-12-11(16)13-6-8(2)9(7-13)10(14)15/h3,8-9H,1,4-7H2,2H3,(H,12,16)(H,14,15). The van der Waals surface area contributed by atoms with Crippen LogP contribution in [0, 0.1) is 11.8 Å². The van der Waals surface area contributed by atoms with E-state index >= 15 is 0 Å². The van der Waals surface area contributed by atoms with Gasteiger partial charge in [0.25, 0.3) is 0 Å². The molecule has 0 aromatic rings. The molecule has 0 bridgehead atoms. The van der Waals surface area contributed by atoms with Crippen LogP contribution in [0.4, 0.5) is 4.79 Å². The molecule has 0 radical (unpaired) electrons. The fourth-order valence-corrected chi connectivity index (χ4v) is 1.85. The summed E-state index contributed by atoms with van der Waals surface area (Å²) >= 11 is 0. The molecular formula is C11H18N2O3. The number of hydrogen-bond acceptors (Lipinski definition) is 2. The van der Waals surface area contributed by atoms with Gasteiger partial charge in [0.15, 0.2) is 0 Å². The summed E-state index contributed by atoms with van der Waals surface area (Å²) in [5.74, 6) is -1.25. The summed E-state index contributed by atoms with van der Waals surface area (Å²) < 4.78 is 0. The fourth-order valence-electron chi connectivity index (χ4n) is 1.85. The van der Waals surface area contributed by atoms with Crippen molar-refractivity contribution < 1.29 is 14.7 Å². The van der Waals surface area contributed by atoms with E-state index in [0.29, 0.717) is 19.6 Å². The summed E-state index contributed by atoms with van der Waals surface area (Å²) in [6.07, 6.45) is 2.45. The molecule has 16 heavy (non-hydrogen) atoms. The maximum Gasteiger partial charge on any atom is 0.317 e. The Morgan fingerprint density at radius 2 is 2.25 bits per heavy atom. The molecule has 1 aliphatic heterocycles. The van der Waals surface area contributed by atoms with Crippen LogP contribution in [0.15, 0.2) is 12.7 Å². The van der Waals surface area contributed by atoms with E-state index in [1.807, 2.05) is 6.92 Å². The van der Waals surface area contributed by atoms with Crippen LogP contribution in [-0.4, -0.2) is 41.6 Å². The Morgan fingerprint density at radius 1 is 1.56 bits per heavy atom. The summed E-state index contributed by atoms with van der Waals surface area (Å²) in [5, 5.41) is 11.7. The molecular weight excluding hydrogens is 208 g/mol. The zero-order chi connectivity index (χ0) is 12.1. The van der Waals surface area contributed by atoms with Crippen LogP contribution in [0.2, 0.25) is 0 Å².